The van der Waals surface area contributed by atoms with Gasteiger partial charge in [-0.05, 0) is 20.3 Å². The van der Waals surface area contributed by atoms with Gasteiger partial charge in [0.15, 0.2) is 0 Å². The van der Waals surface area contributed by atoms with Crippen LogP contribution < -0.4 is 5.32 Å². The van der Waals surface area contributed by atoms with E-state index in [4.69, 9.17) is 4.74 Å². The van der Waals surface area contributed by atoms with Crippen molar-refractivity contribution in [2.45, 2.75) is 45.8 Å². The molecule has 0 aromatic heterocycles. The molecule has 88 valence electrons. The quantitative estimate of drug-likeness (QED) is 0.725. The number of ether oxygens (including phenoxy) is 1. The molecule has 4 nitrogen and oxygen atoms in total. The molecule has 2 amide bonds. The monoisotopic (exact) mass is 214 g/mol. The molecule has 1 heterocycles. The summed E-state index contributed by atoms with van der Waals surface area (Å²) in [5.74, 6) is 0. The van der Waals surface area contributed by atoms with Crippen LogP contribution in [0.5, 0.6) is 0 Å². The first-order chi connectivity index (χ1) is 7.13. The molecule has 0 saturated carbocycles. The Morgan fingerprint density at radius 3 is 2.53 bits per heavy atom. The van der Waals surface area contributed by atoms with Crippen molar-refractivity contribution >= 4 is 6.03 Å². The smallest absolute Gasteiger partial charge is 0.317 e. The standard InChI is InChI=1S/C11H22N2O2/c1-4-5-6-12-11(14)13-7-9(2)15-10(3)8-13/h9-10H,4-8H2,1-3H3,(H,12,14)/t9-,10+. The van der Waals surface area contributed by atoms with Crippen LogP contribution in [0.25, 0.3) is 0 Å². The average Bonchev–Trinajstić information content (AvgIpc) is 2.16. The van der Waals surface area contributed by atoms with E-state index in [2.05, 4.69) is 12.2 Å². The van der Waals surface area contributed by atoms with E-state index in [1.54, 1.807) is 0 Å². The molecule has 0 radical (unpaired) electrons. The number of hydrogen-bond donors (Lipinski definition) is 1. The molecule has 1 aliphatic rings. The zero-order valence-electron chi connectivity index (χ0n) is 9.95. The van der Waals surface area contributed by atoms with Gasteiger partial charge >= 0.3 is 6.03 Å². The second-order valence-electron chi connectivity index (χ2n) is 4.25. The summed E-state index contributed by atoms with van der Waals surface area (Å²) in [7, 11) is 0. The second-order valence-corrected chi connectivity index (χ2v) is 4.25. The lowest BCUT2D eigenvalue weighted by Crippen LogP contribution is -2.51. The van der Waals surface area contributed by atoms with Gasteiger partial charge in [0.1, 0.15) is 0 Å². The summed E-state index contributed by atoms with van der Waals surface area (Å²) in [6.45, 7) is 8.29. The Morgan fingerprint density at radius 2 is 2.00 bits per heavy atom. The molecule has 1 N–H and O–H groups in total. The summed E-state index contributed by atoms with van der Waals surface area (Å²) in [4.78, 5) is 13.6. The molecule has 4 heteroatoms. The number of rotatable bonds is 3. The van der Waals surface area contributed by atoms with Gasteiger partial charge in [-0.1, -0.05) is 13.3 Å². The lowest BCUT2D eigenvalue weighted by Gasteiger charge is -2.35. The van der Waals surface area contributed by atoms with Crippen molar-refractivity contribution in [3.05, 3.63) is 0 Å². The van der Waals surface area contributed by atoms with Gasteiger partial charge in [0.2, 0.25) is 0 Å². The van der Waals surface area contributed by atoms with Crippen LogP contribution in [-0.4, -0.2) is 42.8 Å². The van der Waals surface area contributed by atoms with E-state index < -0.39 is 0 Å². The first-order valence-corrected chi connectivity index (χ1v) is 5.81. The normalized spacial score (nSPS) is 26.5. The number of carbonyl (C=O) groups is 1. The largest absolute Gasteiger partial charge is 0.372 e. The predicted molar refractivity (Wildman–Crippen MR) is 59.9 cm³/mol. The SMILES string of the molecule is CCCCNC(=O)N1C[C@@H](C)O[C@@H](C)C1. The van der Waals surface area contributed by atoms with Gasteiger partial charge in [0.25, 0.3) is 0 Å². The van der Waals surface area contributed by atoms with Crippen LogP contribution in [0.4, 0.5) is 4.79 Å². The highest BCUT2D eigenvalue weighted by Crippen LogP contribution is 2.10. The molecular formula is C11H22N2O2. The van der Waals surface area contributed by atoms with Gasteiger partial charge in [-0.15, -0.1) is 0 Å². The summed E-state index contributed by atoms with van der Waals surface area (Å²) in [6, 6.07) is 0.0467. The molecule has 0 unspecified atom stereocenters. The Balaban J connectivity index is 2.31. The molecule has 2 atom stereocenters. The minimum absolute atomic E-state index is 0.0467. The Kier molecular flexibility index (Phi) is 4.88. The van der Waals surface area contributed by atoms with Gasteiger partial charge in [-0.25, -0.2) is 4.79 Å². The molecule has 0 spiro atoms. The van der Waals surface area contributed by atoms with Crippen LogP contribution in [-0.2, 0) is 4.74 Å². The van der Waals surface area contributed by atoms with Gasteiger partial charge in [-0.3, -0.25) is 0 Å². The third kappa shape index (κ3) is 4.08. The van der Waals surface area contributed by atoms with E-state index in [0.717, 1.165) is 19.4 Å². The van der Waals surface area contributed by atoms with Gasteiger partial charge in [-0.2, -0.15) is 0 Å². The molecule has 1 saturated heterocycles. The zero-order valence-corrected chi connectivity index (χ0v) is 9.95. The zero-order chi connectivity index (χ0) is 11.3. The van der Waals surface area contributed by atoms with Crippen LogP contribution in [0.2, 0.25) is 0 Å². The molecule has 1 aliphatic heterocycles. The first kappa shape index (κ1) is 12.3. The summed E-state index contributed by atoms with van der Waals surface area (Å²) in [6.07, 6.45) is 2.44. The molecular weight excluding hydrogens is 192 g/mol. The summed E-state index contributed by atoms with van der Waals surface area (Å²) >= 11 is 0. The second kappa shape index (κ2) is 5.95. The minimum atomic E-state index is 0.0467. The summed E-state index contributed by atoms with van der Waals surface area (Å²) in [5.41, 5.74) is 0. The van der Waals surface area contributed by atoms with Crippen molar-refractivity contribution in [3.63, 3.8) is 0 Å². The maximum Gasteiger partial charge on any atom is 0.317 e. The fraction of sp³-hybridized carbons (Fsp3) is 0.909. The first-order valence-electron chi connectivity index (χ1n) is 5.81. The highest BCUT2D eigenvalue weighted by atomic mass is 16.5. The van der Waals surface area contributed by atoms with Crippen molar-refractivity contribution in [2.75, 3.05) is 19.6 Å². The van der Waals surface area contributed by atoms with Crippen molar-refractivity contribution in [2.24, 2.45) is 0 Å². The lowest BCUT2D eigenvalue weighted by atomic mass is 10.2. The fourth-order valence-electron chi connectivity index (χ4n) is 1.83. The molecule has 0 aromatic carbocycles. The van der Waals surface area contributed by atoms with Crippen molar-refractivity contribution in [3.8, 4) is 0 Å². The van der Waals surface area contributed by atoms with Crippen molar-refractivity contribution in [1.82, 2.24) is 10.2 Å². The summed E-state index contributed by atoms with van der Waals surface area (Å²) < 4.78 is 5.57. The highest BCUT2D eigenvalue weighted by molar-refractivity contribution is 5.74. The lowest BCUT2D eigenvalue weighted by molar-refractivity contribution is -0.0545. The van der Waals surface area contributed by atoms with Gasteiger partial charge in [0.05, 0.1) is 12.2 Å². The predicted octanol–water partition coefficient (Wildman–Crippen LogP) is 1.61. The highest BCUT2D eigenvalue weighted by Gasteiger charge is 2.25. The molecule has 0 bridgehead atoms. The molecule has 0 aromatic rings. The van der Waals surface area contributed by atoms with E-state index in [1.807, 2.05) is 18.7 Å². The number of unbranched alkanes of at least 4 members (excludes halogenated alkanes) is 1. The Hall–Kier alpha value is -0.770. The number of morpholine rings is 1. The Morgan fingerprint density at radius 1 is 1.40 bits per heavy atom. The van der Waals surface area contributed by atoms with Crippen molar-refractivity contribution in [1.29, 1.82) is 0 Å². The van der Waals surface area contributed by atoms with Crippen LogP contribution in [0, 0.1) is 0 Å². The van der Waals surface area contributed by atoms with E-state index in [-0.39, 0.29) is 18.2 Å². The number of amides is 2. The van der Waals surface area contributed by atoms with Crippen LogP contribution in [0.15, 0.2) is 0 Å². The van der Waals surface area contributed by atoms with E-state index in [0.29, 0.717) is 13.1 Å². The number of carbonyl (C=O) groups excluding carboxylic acids is 1. The van der Waals surface area contributed by atoms with Crippen LogP contribution in [0.3, 0.4) is 0 Å². The third-order valence-corrected chi connectivity index (χ3v) is 2.51. The Labute approximate surface area is 92.0 Å². The third-order valence-electron chi connectivity index (χ3n) is 2.51. The van der Waals surface area contributed by atoms with Crippen LogP contribution >= 0.6 is 0 Å². The van der Waals surface area contributed by atoms with Gasteiger partial charge < -0.3 is 15.0 Å². The number of urea groups is 1. The maximum atomic E-state index is 11.7. The van der Waals surface area contributed by atoms with Crippen molar-refractivity contribution < 1.29 is 9.53 Å². The van der Waals surface area contributed by atoms with Gasteiger partial charge in [0, 0.05) is 19.6 Å². The van der Waals surface area contributed by atoms with E-state index in [9.17, 15) is 4.79 Å². The number of nitrogens with zero attached hydrogens (tertiary/aromatic N) is 1. The number of hydrogen-bond acceptors (Lipinski definition) is 2. The van der Waals surface area contributed by atoms with E-state index >= 15 is 0 Å². The molecule has 15 heavy (non-hydrogen) atoms. The molecule has 1 rings (SSSR count). The molecule has 0 aliphatic carbocycles. The van der Waals surface area contributed by atoms with Crippen LogP contribution in [0.1, 0.15) is 33.6 Å². The maximum absolute atomic E-state index is 11.7. The topological polar surface area (TPSA) is 41.6 Å². The fourth-order valence-corrected chi connectivity index (χ4v) is 1.83. The minimum Gasteiger partial charge on any atom is -0.372 e. The Bertz CT molecular complexity index is 199. The van der Waals surface area contributed by atoms with E-state index in [1.165, 1.54) is 0 Å². The summed E-state index contributed by atoms with van der Waals surface area (Å²) in [5, 5.41) is 2.93. The number of nitrogens with one attached hydrogen (secondary N) is 1. The molecule has 1 fully saturated rings. The average molecular weight is 214 g/mol.